The molecule has 0 aromatic carbocycles. The average molecular weight is 328 g/mol. The monoisotopic (exact) mass is 328 g/mol. The van der Waals surface area contributed by atoms with E-state index in [0.717, 1.165) is 32.1 Å². The number of carbonyl (C=O) groups excluding carboxylic acids is 1. The summed E-state index contributed by atoms with van der Waals surface area (Å²) in [6.07, 6.45) is 7.46. The molecule has 0 aromatic rings. The van der Waals surface area contributed by atoms with Crippen LogP contribution in [0.1, 0.15) is 58.3 Å². The molecule has 1 rings (SSSR count). The molecule has 0 spiro atoms. The molecule has 0 atom stereocenters. The zero-order chi connectivity index (χ0) is 16.8. The molecule has 0 fully saturated rings. The first-order valence-electron chi connectivity index (χ1n) is 7.60. The van der Waals surface area contributed by atoms with E-state index in [0.29, 0.717) is 12.8 Å². The Balaban J connectivity index is 2.29. The third kappa shape index (κ3) is 3.98. The summed E-state index contributed by atoms with van der Waals surface area (Å²) in [7, 11) is 0. The number of rotatable bonds is 10. The highest BCUT2D eigenvalue weighted by Gasteiger charge is 2.72. The van der Waals surface area contributed by atoms with E-state index < -0.39 is 29.2 Å². The zero-order valence-corrected chi connectivity index (χ0v) is 12.6. The number of allylic oxidation sites excluding steroid dienone is 2. The van der Waals surface area contributed by atoms with E-state index in [1.54, 1.807) is 0 Å². The summed E-state index contributed by atoms with van der Waals surface area (Å²) in [6, 6.07) is 0. The van der Waals surface area contributed by atoms with Crippen LogP contribution in [0.25, 0.3) is 0 Å². The number of hydrogen-bond donors (Lipinski definition) is 0. The van der Waals surface area contributed by atoms with Gasteiger partial charge >= 0.3 is 11.8 Å². The van der Waals surface area contributed by atoms with Gasteiger partial charge in [-0.2, -0.15) is 22.0 Å². The number of unbranched alkanes of at least 4 members (excludes halogenated alkanes) is 7. The Labute approximate surface area is 126 Å². The molecule has 0 amide bonds. The molecule has 0 aliphatic heterocycles. The summed E-state index contributed by atoms with van der Waals surface area (Å²) >= 11 is 0. The molecular weight excluding hydrogens is 307 g/mol. The molecule has 0 bridgehead atoms. The van der Waals surface area contributed by atoms with E-state index in [2.05, 4.69) is 11.7 Å². The zero-order valence-electron chi connectivity index (χ0n) is 12.6. The number of hydrogen-bond acceptors (Lipinski definition) is 2. The first kappa shape index (κ1) is 18.9. The molecule has 1 aliphatic carbocycles. The Hall–Kier alpha value is -1.14. The minimum Gasteiger partial charge on any atom is -0.489 e. The van der Waals surface area contributed by atoms with Crippen LogP contribution in [0.3, 0.4) is 0 Å². The second-order valence-electron chi connectivity index (χ2n) is 5.44. The number of halogens is 5. The Morgan fingerprint density at radius 2 is 1.36 bits per heavy atom. The van der Waals surface area contributed by atoms with Gasteiger partial charge in [0, 0.05) is 0 Å². The van der Waals surface area contributed by atoms with Crippen LogP contribution in [0.15, 0.2) is 11.6 Å². The van der Waals surface area contributed by atoms with Gasteiger partial charge in [-0.15, -0.1) is 0 Å². The third-order valence-corrected chi connectivity index (χ3v) is 3.61. The van der Waals surface area contributed by atoms with Gasteiger partial charge in [-0.1, -0.05) is 51.9 Å². The average Bonchev–Trinajstić information content (AvgIpc) is 2.57. The first-order valence-corrected chi connectivity index (χ1v) is 7.60. The van der Waals surface area contributed by atoms with Crippen molar-refractivity contribution >= 4 is 5.78 Å². The molecule has 0 saturated heterocycles. The van der Waals surface area contributed by atoms with Gasteiger partial charge in [0.25, 0.3) is 5.78 Å². The van der Waals surface area contributed by atoms with Gasteiger partial charge in [0.15, 0.2) is 0 Å². The largest absolute Gasteiger partial charge is 0.489 e. The summed E-state index contributed by atoms with van der Waals surface area (Å²) in [5, 5.41) is 0. The molecule has 0 N–H and O–H groups in total. The Morgan fingerprint density at radius 1 is 0.864 bits per heavy atom. The van der Waals surface area contributed by atoms with Gasteiger partial charge in [0.1, 0.15) is 0 Å². The van der Waals surface area contributed by atoms with Crippen molar-refractivity contribution in [1.29, 1.82) is 0 Å². The summed E-state index contributed by atoms with van der Waals surface area (Å²) in [4.78, 5) is 10.8. The van der Waals surface area contributed by atoms with E-state index in [9.17, 15) is 26.7 Å². The third-order valence-electron chi connectivity index (χ3n) is 3.61. The lowest BCUT2D eigenvalue weighted by molar-refractivity contribution is -0.193. The standard InChI is InChI=1S/C15H21F5O2/c1-2-3-4-5-6-7-8-9-10-22-13-11(16)12(21)14(17,18)15(13,19)20/h2-10H2,1H3. The summed E-state index contributed by atoms with van der Waals surface area (Å²) in [6.45, 7) is 1.80. The predicted octanol–water partition coefficient (Wildman–Crippen LogP) is 5.18. The van der Waals surface area contributed by atoms with E-state index in [1.807, 2.05) is 0 Å². The maximum absolute atomic E-state index is 13.2. The minimum absolute atomic E-state index is 0.309. The van der Waals surface area contributed by atoms with Crippen LogP contribution < -0.4 is 0 Å². The predicted molar refractivity (Wildman–Crippen MR) is 71.6 cm³/mol. The molecule has 7 heteroatoms. The quantitative estimate of drug-likeness (QED) is 0.408. The molecule has 0 unspecified atom stereocenters. The topological polar surface area (TPSA) is 26.3 Å². The maximum Gasteiger partial charge on any atom is 0.381 e. The molecule has 0 radical (unpaired) electrons. The first-order chi connectivity index (χ1) is 10.3. The molecule has 128 valence electrons. The SMILES string of the molecule is CCCCCCCCCCOC1=C(F)C(=O)C(F)(F)C1(F)F. The number of carbonyl (C=O) groups is 1. The molecular formula is C15H21F5O2. The lowest BCUT2D eigenvalue weighted by Gasteiger charge is -2.19. The number of ether oxygens (including phenoxy) is 1. The van der Waals surface area contributed by atoms with Crippen molar-refractivity contribution in [3.05, 3.63) is 11.6 Å². The van der Waals surface area contributed by atoms with Crippen molar-refractivity contribution < 1.29 is 31.5 Å². The molecule has 1 aliphatic rings. The summed E-state index contributed by atoms with van der Waals surface area (Å²) in [5.74, 6) is -16.5. The normalized spacial score (nSPS) is 19.8. The van der Waals surface area contributed by atoms with Gasteiger partial charge in [0.2, 0.25) is 11.6 Å². The van der Waals surface area contributed by atoms with Gasteiger partial charge in [-0.3, -0.25) is 4.79 Å². The molecule has 0 aromatic heterocycles. The van der Waals surface area contributed by atoms with Crippen molar-refractivity contribution in [2.45, 2.75) is 70.1 Å². The van der Waals surface area contributed by atoms with Crippen molar-refractivity contribution in [1.82, 2.24) is 0 Å². The van der Waals surface area contributed by atoms with Gasteiger partial charge in [-0.25, -0.2) is 0 Å². The van der Waals surface area contributed by atoms with Gasteiger partial charge < -0.3 is 4.74 Å². The Bertz CT molecular complexity index is 418. The highest BCUT2D eigenvalue weighted by Crippen LogP contribution is 2.49. The van der Waals surface area contributed by atoms with E-state index >= 15 is 0 Å². The number of Topliss-reactive ketones (excluding diaryl/α,β-unsaturated/α-hetero) is 1. The van der Waals surface area contributed by atoms with E-state index in [4.69, 9.17) is 0 Å². The fraction of sp³-hybridized carbons (Fsp3) is 0.800. The van der Waals surface area contributed by atoms with E-state index in [1.165, 1.54) is 6.42 Å². The van der Waals surface area contributed by atoms with Gasteiger partial charge in [-0.05, 0) is 6.42 Å². The molecule has 2 nitrogen and oxygen atoms in total. The second-order valence-corrected chi connectivity index (χ2v) is 5.44. The maximum atomic E-state index is 13.2. The van der Waals surface area contributed by atoms with Crippen molar-refractivity contribution in [2.75, 3.05) is 6.61 Å². The smallest absolute Gasteiger partial charge is 0.381 e. The minimum atomic E-state index is -5.06. The summed E-state index contributed by atoms with van der Waals surface area (Å²) < 4.78 is 70.0. The fourth-order valence-corrected chi connectivity index (χ4v) is 2.23. The van der Waals surface area contributed by atoms with Crippen molar-refractivity contribution in [3.8, 4) is 0 Å². The highest BCUT2D eigenvalue weighted by molar-refractivity contribution is 6.03. The number of ketones is 1. The van der Waals surface area contributed by atoms with Crippen LogP contribution in [0.2, 0.25) is 0 Å². The molecule has 22 heavy (non-hydrogen) atoms. The van der Waals surface area contributed by atoms with Crippen LogP contribution in [0.5, 0.6) is 0 Å². The second kappa shape index (κ2) is 7.92. The summed E-state index contributed by atoms with van der Waals surface area (Å²) in [5.41, 5.74) is 0. The van der Waals surface area contributed by atoms with Crippen LogP contribution in [-0.2, 0) is 9.53 Å². The van der Waals surface area contributed by atoms with Crippen LogP contribution in [0, 0.1) is 0 Å². The Morgan fingerprint density at radius 3 is 1.82 bits per heavy atom. The van der Waals surface area contributed by atoms with Crippen LogP contribution >= 0.6 is 0 Å². The van der Waals surface area contributed by atoms with E-state index in [-0.39, 0.29) is 6.61 Å². The van der Waals surface area contributed by atoms with Gasteiger partial charge in [0.05, 0.1) is 6.61 Å². The lowest BCUT2D eigenvalue weighted by Crippen LogP contribution is -2.42. The fourth-order valence-electron chi connectivity index (χ4n) is 2.23. The van der Waals surface area contributed by atoms with Crippen molar-refractivity contribution in [3.63, 3.8) is 0 Å². The van der Waals surface area contributed by atoms with Crippen LogP contribution in [-0.4, -0.2) is 24.2 Å². The molecule has 0 saturated carbocycles. The number of alkyl halides is 4. The highest BCUT2D eigenvalue weighted by atomic mass is 19.3. The Kier molecular flexibility index (Phi) is 6.81. The van der Waals surface area contributed by atoms with Crippen molar-refractivity contribution in [2.24, 2.45) is 0 Å². The lowest BCUT2D eigenvalue weighted by atomic mass is 10.1. The van der Waals surface area contributed by atoms with Crippen LogP contribution in [0.4, 0.5) is 22.0 Å². The molecule has 0 heterocycles.